The fourth-order valence-corrected chi connectivity index (χ4v) is 5.10. The molecule has 0 spiro atoms. The highest BCUT2D eigenvalue weighted by Gasteiger charge is 2.30. The molecule has 2 amide bonds. The molecule has 32 heavy (non-hydrogen) atoms. The molecule has 1 aromatic rings. The maximum Gasteiger partial charge on any atom is 0.310 e. The first-order valence-corrected chi connectivity index (χ1v) is 12.3. The molecule has 2 unspecified atom stereocenters. The van der Waals surface area contributed by atoms with Crippen molar-refractivity contribution in [3.8, 4) is 0 Å². The minimum atomic E-state index is -0.262. The zero-order chi connectivity index (χ0) is 23.3. The predicted molar refractivity (Wildman–Crippen MR) is 123 cm³/mol. The van der Waals surface area contributed by atoms with Crippen molar-refractivity contribution in [3.05, 3.63) is 11.2 Å². The molecule has 11 heteroatoms. The van der Waals surface area contributed by atoms with Gasteiger partial charge >= 0.3 is 5.97 Å². The van der Waals surface area contributed by atoms with Crippen molar-refractivity contribution in [3.63, 3.8) is 0 Å². The Hall–Kier alpha value is -2.07. The topological polar surface area (TPSA) is 95.9 Å². The molecule has 3 rings (SSSR count). The number of aromatic nitrogens is 2. The van der Waals surface area contributed by atoms with Crippen LogP contribution in [0, 0.1) is 5.92 Å². The standard InChI is InChI=1S/C21H30ClN5O4S/c1-4-31-20(30)16-6-5-7-26(12-16)19(29)13-32-21-23-17(22)10-18(24-21)25-8-9-27(15(3)28)14(2)11-25/h10,14,16H,4-9,11-13H2,1-3H3. The molecule has 2 atom stereocenters. The van der Waals surface area contributed by atoms with Crippen molar-refractivity contribution in [2.75, 3.05) is 50.0 Å². The van der Waals surface area contributed by atoms with E-state index < -0.39 is 0 Å². The molecule has 2 saturated heterocycles. The maximum atomic E-state index is 12.7. The van der Waals surface area contributed by atoms with E-state index in [1.165, 1.54) is 11.8 Å². The number of thioether (sulfide) groups is 1. The van der Waals surface area contributed by atoms with Gasteiger partial charge in [-0.25, -0.2) is 9.97 Å². The van der Waals surface area contributed by atoms with Crippen molar-refractivity contribution in [2.24, 2.45) is 5.92 Å². The molecule has 0 saturated carbocycles. The zero-order valence-electron chi connectivity index (χ0n) is 18.8. The van der Waals surface area contributed by atoms with E-state index >= 15 is 0 Å². The number of hydrogen-bond donors (Lipinski definition) is 0. The molecule has 1 aromatic heterocycles. The average Bonchev–Trinajstić information content (AvgIpc) is 2.77. The molecule has 9 nitrogen and oxygen atoms in total. The van der Waals surface area contributed by atoms with Crippen LogP contribution in [0.1, 0.15) is 33.6 Å². The van der Waals surface area contributed by atoms with Gasteiger partial charge in [0.15, 0.2) is 5.16 Å². The van der Waals surface area contributed by atoms with Crippen LogP contribution in [0.15, 0.2) is 11.2 Å². The molecule has 2 aliphatic heterocycles. The van der Waals surface area contributed by atoms with E-state index in [9.17, 15) is 14.4 Å². The number of hydrogen-bond acceptors (Lipinski definition) is 8. The van der Waals surface area contributed by atoms with E-state index in [4.69, 9.17) is 16.3 Å². The van der Waals surface area contributed by atoms with Crippen molar-refractivity contribution in [1.82, 2.24) is 19.8 Å². The smallest absolute Gasteiger partial charge is 0.310 e. The highest BCUT2D eigenvalue weighted by atomic mass is 35.5. The summed E-state index contributed by atoms with van der Waals surface area (Å²) >= 11 is 7.47. The monoisotopic (exact) mass is 483 g/mol. The third-order valence-corrected chi connectivity index (χ3v) is 6.76. The van der Waals surface area contributed by atoms with E-state index in [1.54, 1.807) is 24.8 Å². The van der Waals surface area contributed by atoms with Gasteiger partial charge < -0.3 is 19.4 Å². The second kappa shape index (κ2) is 11.2. The van der Waals surface area contributed by atoms with Gasteiger partial charge in [0, 0.05) is 51.8 Å². The van der Waals surface area contributed by atoms with E-state index in [-0.39, 0.29) is 35.5 Å². The summed E-state index contributed by atoms with van der Waals surface area (Å²) in [7, 11) is 0. The molecule has 2 aliphatic rings. The average molecular weight is 484 g/mol. The Bertz CT molecular complexity index is 857. The number of carbonyl (C=O) groups is 3. The normalized spacial score (nSPS) is 21.4. The molecular weight excluding hydrogens is 454 g/mol. The first-order valence-electron chi connectivity index (χ1n) is 10.9. The maximum absolute atomic E-state index is 12.7. The van der Waals surface area contributed by atoms with E-state index in [0.29, 0.717) is 55.5 Å². The molecule has 2 fully saturated rings. The Kier molecular flexibility index (Phi) is 8.58. The van der Waals surface area contributed by atoms with Crippen LogP contribution in [0.25, 0.3) is 0 Å². The molecule has 3 heterocycles. The number of ether oxygens (including phenoxy) is 1. The molecule has 0 aromatic carbocycles. The first kappa shape index (κ1) is 24.6. The van der Waals surface area contributed by atoms with Gasteiger partial charge in [-0.2, -0.15) is 0 Å². The van der Waals surface area contributed by atoms with Crippen molar-refractivity contribution < 1.29 is 19.1 Å². The highest BCUT2D eigenvalue weighted by Crippen LogP contribution is 2.25. The van der Waals surface area contributed by atoms with Gasteiger partial charge in [-0.1, -0.05) is 23.4 Å². The van der Waals surface area contributed by atoms with Crippen molar-refractivity contribution in [1.29, 1.82) is 0 Å². The summed E-state index contributed by atoms with van der Waals surface area (Å²) in [6.07, 6.45) is 1.52. The second-order valence-electron chi connectivity index (χ2n) is 8.06. The number of nitrogens with zero attached hydrogens (tertiary/aromatic N) is 5. The Balaban J connectivity index is 1.59. The van der Waals surface area contributed by atoms with Crippen LogP contribution in [0.4, 0.5) is 5.82 Å². The number of anilines is 1. The SMILES string of the molecule is CCOC(=O)C1CCCN(C(=O)CSc2nc(Cl)cc(N3CCN(C(C)=O)C(C)C3)n2)C1. The number of likely N-dealkylation sites (tertiary alicyclic amines) is 1. The number of esters is 1. The number of rotatable bonds is 6. The Morgan fingerprint density at radius 2 is 2.00 bits per heavy atom. The molecule has 0 aliphatic carbocycles. The Morgan fingerprint density at radius 3 is 2.69 bits per heavy atom. The quantitative estimate of drug-likeness (QED) is 0.262. The molecule has 176 valence electrons. The lowest BCUT2D eigenvalue weighted by Crippen LogP contribution is -2.53. The molecule has 0 radical (unpaired) electrons. The summed E-state index contributed by atoms with van der Waals surface area (Å²) in [4.78, 5) is 51.0. The third kappa shape index (κ3) is 6.25. The molecular formula is C21H30ClN5O4S. The van der Waals surface area contributed by atoms with Crippen molar-refractivity contribution >= 4 is 47.0 Å². The fourth-order valence-electron chi connectivity index (χ4n) is 4.12. The van der Waals surface area contributed by atoms with E-state index in [0.717, 1.165) is 12.8 Å². The van der Waals surface area contributed by atoms with Gasteiger partial charge in [0.05, 0.1) is 18.3 Å². The number of halogens is 1. The summed E-state index contributed by atoms with van der Waals surface area (Å²) in [6.45, 7) is 8.66. The van der Waals surface area contributed by atoms with E-state index in [1.807, 2.05) is 11.8 Å². The van der Waals surface area contributed by atoms with Crippen LogP contribution < -0.4 is 4.90 Å². The first-order chi connectivity index (χ1) is 15.3. The van der Waals surface area contributed by atoms with Gasteiger partial charge in [0.1, 0.15) is 11.0 Å². The third-order valence-electron chi connectivity index (χ3n) is 5.74. The van der Waals surface area contributed by atoms with Crippen LogP contribution in [-0.4, -0.2) is 88.7 Å². The highest BCUT2D eigenvalue weighted by molar-refractivity contribution is 7.99. The summed E-state index contributed by atoms with van der Waals surface area (Å²) in [5.74, 6) is 0.370. The summed E-state index contributed by atoms with van der Waals surface area (Å²) in [5, 5.41) is 0.744. The summed E-state index contributed by atoms with van der Waals surface area (Å²) in [5.41, 5.74) is 0. The van der Waals surface area contributed by atoms with Gasteiger partial charge in [-0.05, 0) is 26.7 Å². The number of amides is 2. The number of piperazine rings is 1. The lowest BCUT2D eigenvalue weighted by atomic mass is 9.98. The van der Waals surface area contributed by atoms with Crippen LogP contribution >= 0.6 is 23.4 Å². The van der Waals surface area contributed by atoms with Crippen LogP contribution in [0.2, 0.25) is 5.15 Å². The van der Waals surface area contributed by atoms with E-state index in [2.05, 4.69) is 14.9 Å². The molecule has 0 bridgehead atoms. The Labute approximate surface area is 197 Å². The van der Waals surface area contributed by atoms with Crippen molar-refractivity contribution in [2.45, 2.75) is 44.8 Å². The largest absolute Gasteiger partial charge is 0.466 e. The molecule has 0 N–H and O–H groups in total. The summed E-state index contributed by atoms with van der Waals surface area (Å²) < 4.78 is 5.11. The minimum Gasteiger partial charge on any atom is -0.466 e. The Morgan fingerprint density at radius 1 is 1.22 bits per heavy atom. The van der Waals surface area contributed by atoms with Gasteiger partial charge in [0.2, 0.25) is 11.8 Å². The van der Waals surface area contributed by atoms with Crippen LogP contribution in [-0.2, 0) is 19.1 Å². The lowest BCUT2D eigenvalue weighted by molar-refractivity contribution is -0.151. The second-order valence-corrected chi connectivity index (χ2v) is 9.39. The summed E-state index contributed by atoms with van der Waals surface area (Å²) in [6, 6.07) is 1.78. The number of carbonyl (C=O) groups excluding carboxylic acids is 3. The van der Waals surface area contributed by atoms with Gasteiger partial charge in [-0.3, -0.25) is 14.4 Å². The van der Waals surface area contributed by atoms with Crippen LogP contribution in [0.5, 0.6) is 0 Å². The predicted octanol–water partition coefficient (Wildman–Crippen LogP) is 2.08. The van der Waals surface area contributed by atoms with Gasteiger partial charge in [-0.15, -0.1) is 0 Å². The lowest BCUT2D eigenvalue weighted by Gasteiger charge is -2.40. The van der Waals surface area contributed by atoms with Gasteiger partial charge in [0.25, 0.3) is 0 Å². The van der Waals surface area contributed by atoms with Crippen LogP contribution in [0.3, 0.4) is 0 Å². The number of piperidine rings is 1. The minimum absolute atomic E-state index is 0.0576. The zero-order valence-corrected chi connectivity index (χ0v) is 20.3. The fraction of sp³-hybridized carbons (Fsp3) is 0.667.